The molecule has 1 aromatic heterocycles. The van der Waals surface area contributed by atoms with Crippen molar-refractivity contribution < 1.29 is 26.0 Å². The Morgan fingerprint density at radius 3 is 2.26 bits per heavy atom. The SMILES string of the molecule is Cc1nc(-c2ccc(S(=O)(=O)Nc3ccc(C)c(C(F)(F)F)c3)cc2)co1. The molecular formula is C18H15F3N2O3S. The van der Waals surface area contributed by atoms with Crippen molar-refractivity contribution >= 4 is 15.7 Å². The number of aryl methyl sites for hydroxylation is 2. The lowest BCUT2D eigenvalue weighted by molar-refractivity contribution is -0.138. The van der Waals surface area contributed by atoms with Crippen LogP contribution in [0.2, 0.25) is 0 Å². The average Bonchev–Trinajstić information content (AvgIpc) is 3.02. The van der Waals surface area contributed by atoms with Gasteiger partial charge in [0.1, 0.15) is 12.0 Å². The fraction of sp³-hybridized carbons (Fsp3) is 0.167. The van der Waals surface area contributed by atoms with Crippen LogP contribution < -0.4 is 4.72 Å². The molecule has 0 aliphatic heterocycles. The molecule has 0 saturated carbocycles. The highest BCUT2D eigenvalue weighted by Crippen LogP contribution is 2.34. The van der Waals surface area contributed by atoms with Crippen LogP contribution in [0.5, 0.6) is 0 Å². The van der Waals surface area contributed by atoms with E-state index < -0.39 is 21.8 Å². The number of nitrogens with zero attached hydrogens (tertiary/aromatic N) is 1. The van der Waals surface area contributed by atoms with Crippen molar-refractivity contribution in [3.63, 3.8) is 0 Å². The number of halogens is 3. The first-order valence-corrected chi connectivity index (χ1v) is 9.28. The normalized spacial score (nSPS) is 12.2. The molecule has 3 aromatic rings. The summed E-state index contributed by atoms with van der Waals surface area (Å²) in [6.45, 7) is 2.99. The van der Waals surface area contributed by atoms with Gasteiger partial charge in [-0.25, -0.2) is 13.4 Å². The van der Waals surface area contributed by atoms with Crippen LogP contribution in [0.15, 0.2) is 58.0 Å². The van der Waals surface area contributed by atoms with E-state index in [-0.39, 0.29) is 16.1 Å². The Bertz CT molecular complexity index is 1070. The van der Waals surface area contributed by atoms with Gasteiger partial charge in [0.15, 0.2) is 5.89 Å². The van der Waals surface area contributed by atoms with Crippen molar-refractivity contribution in [1.82, 2.24) is 4.98 Å². The van der Waals surface area contributed by atoms with Crippen LogP contribution in [0.25, 0.3) is 11.3 Å². The predicted octanol–water partition coefficient (Wildman–Crippen LogP) is 4.78. The number of aromatic nitrogens is 1. The molecule has 0 aliphatic rings. The minimum Gasteiger partial charge on any atom is -0.449 e. The van der Waals surface area contributed by atoms with Gasteiger partial charge >= 0.3 is 6.18 Å². The maximum absolute atomic E-state index is 13.0. The summed E-state index contributed by atoms with van der Waals surface area (Å²) in [4.78, 5) is 4.06. The molecule has 0 atom stereocenters. The van der Waals surface area contributed by atoms with E-state index in [9.17, 15) is 21.6 Å². The van der Waals surface area contributed by atoms with Gasteiger partial charge in [-0.05, 0) is 36.8 Å². The quantitative estimate of drug-likeness (QED) is 0.689. The van der Waals surface area contributed by atoms with Crippen molar-refractivity contribution in [1.29, 1.82) is 0 Å². The minimum absolute atomic E-state index is 0.0118. The van der Waals surface area contributed by atoms with Crippen molar-refractivity contribution in [2.45, 2.75) is 24.9 Å². The third-order valence-corrected chi connectivity index (χ3v) is 5.27. The molecule has 0 unspecified atom stereocenters. The zero-order chi connectivity index (χ0) is 19.8. The summed E-state index contributed by atoms with van der Waals surface area (Å²) in [6.07, 6.45) is -3.12. The van der Waals surface area contributed by atoms with E-state index in [1.165, 1.54) is 37.5 Å². The van der Waals surface area contributed by atoms with Crippen molar-refractivity contribution in [3.05, 3.63) is 65.7 Å². The predicted molar refractivity (Wildman–Crippen MR) is 93.7 cm³/mol. The summed E-state index contributed by atoms with van der Waals surface area (Å²) in [5.74, 6) is 0.475. The van der Waals surface area contributed by atoms with Gasteiger partial charge in [0.05, 0.1) is 10.5 Å². The molecule has 2 aromatic carbocycles. The Labute approximate surface area is 153 Å². The van der Waals surface area contributed by atoms with E-state index in [1.807, 2.05) is 0 Å². The van der Waals surface area contributed by atoms with Gasteiger partial charge in [0.25, 0.3) is 10.0 Å². The van der Waals surface area contributed by atoms with Crippen LogP contribution in [0, 0.1) is 13.8 Å². The molecule has 3 rings (SSSR count). The minimum atomic E-state index is -4.57. The number of benzene rings is 2. The molecule has 0 fully saturated rings. The van der Waals surface area contributed by atoms with E-state index in [0.717, 1.165) is 6.07 Å². The number of rotatable bonds is 4. The zero-order valence-electron chi connectivity index (χ0n) is 14.3. The lowest BCUT2D eigenvalue weighted by atomic mass is 10.1. The van der Waals surface area contributed by atoms with E-state index in [0.29, 0.717) is 17.1 Å². The summed E-state index contributed by atoms with van der Waals surface area (Å²) in [6, 6.07) is 9.07. The summed E-state index contributed by atoms with van der Waals surface area (Å²) in [5, 5.41) is 0. The molecule has 1 N–H and O–H groups in total. The second-order valence-corrected chi connectivity index (χ2v) is 7.59. The van der Waals surface area contributed by atoms with Crippen LogP contribution >= 0.6 is 0 Å². The molecular weight excluding hydrogens is 381 g/mol. The van der Waals surface area contributed by atoms with Crippen LogP contribution in [0.1, 0.15) is 17.0 Å². The maximum atomic E-state index is 13.0. The summed E-state index contributed by atoms with van der Waals surface area (Å²) >= 11 is 0. The van der Waals surface area contributed by atoms with E-state index in [1.54, 1.807) is 19.1 Å². The third kappa shape index (κ3) is 4.13. The molecule has 27 heavy (non-hydrogen) atoms. The van der Waals surface area contributed by atoms with Crippen LogP contribution in [-0.4, -0.2) is 13.4 Å². The number of nitrogens with one attached hydrogen (secondary N) is 1. The smallest absolute Gasteiger partial charge is 0.416 e. The second-order valence-electron chi connectivity index (χ2n) is 5.91. The van der Waals surface area contributed by atoms with Crippen LogP contribution in [0.4, 0.5) is 18.9 Å². The van der Waals surface area contributed by atoms with Gasteiger partial charge < -0.3 is 4.42 Å². The Balaban J connectivity index is 1.87. The monoisotopic (exact) mass is 396 g/mol. The Hall–Kier alpha value is -2.81. The van der Waals surface area contributed by atoms with Gasteiger partial charge in [0, 0.05) is 18.2 Å². The van der Waals surface area contributed by atoms with E-state index in [4.69, 9.17) is 4.42 Å². The average molecular weight is 396 g/mol. The highest BCUT2D eigenvalue weighted by atomic mass is 32.2. The van der Waals surface area contributed by atoms with Gasteiger partial charge in [-0.2, -0.15) is 13.2 Å². The molecule has 1 heterocycles. The molecule has 0 spiro atoms. The first-order chi connectivity index (χ1) is 12.6. The van der Waals surface area contributed by atoms with Crippen LogP contribution in [0.3, 0.4) is 0 Å². The van der Waals surface area contributed by atoms with Gasteiger partial charge in [0.2, 0.25) is 0 Å². The number of oxazole rings is 1. The molecule has 0 aliphatic carbocycles. The third-order valence-electron chi connectivity index (χ3n) is 3.87. The zero-order valence-corrected chi connectivity index (χ0v) is 15.1. The van der Waals surface area contributed by atoms with Crippen molar-refractivity contribution in [3.8, 4) is 11.3 Å². The van der Waals surface area contributed by atoms with Crippen LogP contribution in [-0.2, 0) is 16.2 Å². The fourth-order valence-corrected chi connectivity index (χ4v) is 3.56. The lowest BCUT2D eigenvalue weighted by Crippen LogP contribution is -2.14. The van der Waals surface area contributed by atoms with Gasteiger partial charge in [-0.1, -0.05) is 18.2 Å². The Kier molecular flexibility index (Phi) is 4.73. The van der Waals surface area contributed by atoms with Gasteiger partial charge in [-0.15, -0.1) is 0 Å². The fourth-order valence-electron chi connectivity index (χ4n) is 2.51. The number of alkyl halides is 3. The molecule has 0 bridgehead atoms. The van der Waals surface area contributed by atoms with E-state index >= 15 is 0 Å². The highest BCUT2D eigenvalue weighted by molar-refractivity contribution is 7.92. The largest absolute Gasteiger partial charge is 0.449 e. The lowest BCUT2D eigenvalue weighted by Gasteiger charge is -2.13. The molecule has 5 nitrogen and oxygen atoms in total. The van der Waals surface area contributed by atoms with Gasteiger partial charge in [-0.3, -0.25) is 4.72 Å². The molecule has 142 valence electrons. The maximum Gasteiger partial charge on any atom is 0.416 e. The number of sulfonamides is 1. The summed E-state index contributed by atoms with van der Waals surface area (Å²) in [5.41, 5.74) is 0.166. The summed E-state index contributed by atoms with van der Waals surface area (Å²) < 4.78 is 71.2. The molecule has 0 saturated heterocycles. The Morgan fingerprint density at radius 2 is 1.70 bits per heavy atom. The molecule has 9 heteroatoms. The second kappa shape index (κ2) is 6.73. The Morgan fingerprint density at radius 1 is 1.04 bits per heavy atom. The van der Waals surface area contributed by atoms with Crippen molar-refractivity contribution in [2.24, 2.45) is 0 Å². The number of hydrogen-bond donors (Lipinski definition) is 1. The first kappa shape index (κ1) is 19.0. The molecule has 0 amide bonds. The van der Waals surface area contributed by atoms with E-state index in [2.05, 4.69) is 9.71 Å². The standard InChI is InChI=1S/C18H15F3N2O3S/c1-11-3-6-14(9-16(11)18(19,20)21)23-27(24,25)15-7-4-13(5-8-15)17-10-26-12(2)22-17/h3-10,23H,1-2H3. The number of anilines is 1. The first-order valence-electron chi connectivity index (χ1n) is 7.79. The van der Waals surface area contributed by atoms with Crippen molar-refractivity contribution in [2.75, 3.05) is 4.72 Å². The molecule has 0 radical (unpaired) electrons. The topological polar surface area (TPSA) is 72.2 Å². The number of hydrogen-bond acceptors (Lipinski definition) is 4. The summed E-state index contributed by atoms with van der Waals surface area (Å²) in [7, 11) is -4.04. The highest BCUT2D eigenvalue weighted by Gasteiger charge is 2.32.